The van der Waals surface area contributed by atoms with Gasteiger partial charge in [-0.2, -0.15) is 0 Å². The lowest BCUT2D eigenvalue weighted by molar-refractivity contribution is -0.143. The van der Waals surface area contributed by atoms with E-state index in [9.17, 15) is 4.79 Å². The standard InChI is InChI=1S/C21H30N4O3/c1-15(24-13-23-14-25-9-5-16(6-10-25)20(26)27)11-17-12-18(3-4-19(17)22)28-21(2)7-8-21/h3-4,12-13,16H,5-11,14,22H2,1-2H3,(H,26,27). The molecule has 0 aromatic heterocycles. The molecule has 28 heavy (non-hydrogen) atoms. The molecular formula is C21H30N4O3. The van der Waals surface area contributed by atoms with E-state index in [1.165, 1.54) is 0 Å². The van der Waals surface area contributed by atoms with Gasteiger partial charge in [0.05, 0.1) is 12.6 Å². The quantitative estimate of drug-likeness (QED) is 0.406. The Kier molecular flexibility index (Phi) is 6.34. The topological polar surface area (TPSA) is 101 Å². The van der Waals surface area contributed by atoms with E-state index < -0.39 is 5.97 Å². The van der Waals surface area contributed by atoms with Crippen LogP contribution in [0, 0.1) is 5.92 Å². The van der Waals surface area contributed by atoms with Crippen molar-refractivity contribution in [2.75, 3.05) is 25.5 Å². The van der Waals surface area contributed by atoms with Crippen molar-refractivity contribution >= 4 is 23.7 Å². The molecule has 0 amide bonds. The Hall–Kier alpha value is -2.41. The average molecular weight is 386 g/mol. The normalized spacial score (nSPS) is 20.4. The van der Waals surface area contributed by atoms with Gasteiger partial charge >= 0.3 is 5.97 Å². The Morgan fingerprint density at radius 3 is 2.75 bits per heavy atom. The van der Waals surface area contributed by atoms with Gasteiger partial charge in [-0.15, -0.1) is 0 Å². The van der Waals surface area contributed by atoms with Gasteiger partial charge in [-0.3, -0.25) is 14.7 Å². The molecule has 0 atom stereocenters. The van der Waals surface area contributed by atoms with Crippen molar-refractivity contribution in [2.24, 2.45) is 15.9 Å². The lowest BCUT2D eigenvalue weighted by atomic mass is 9.97. The maximum Gasteiger partial charge on any atom is 0.306 e. The zero-order chi connectivity index (χ0) is 20.1. The number of carboxylic acids is 1. The van der Waals surface area contributed by atoms with Crippen LogP contribution >= 0.6 is 0 Å². The van der Waals surface area contributed by atoms with E-state index in [2.05, 4.69) is 21.8 Å². The minimum absolute atomic E-state index is 0.0118. The maximum absolute atomic E-state index is 11.0. The SMILES string of the molecule is CC(Cc1cc(OC2(C)CC2)ccc1N)=NC=NCN1CCC(C(=O)O)CC1. The van der Waals surface area contributed by atoms with E-state index in [-0.39, 0.29) is 11.5 Å². The van der Waals surface area contributed by atoms with Crippen molar-refractivity contribution in [1.29, 1.82) is 0 Å². The molecule has 1 saturated carbocycles. The lowest BCUT2D eigenvalue weighted by Crippen LogP contribution is -2.36. The minimum atomic E-state index is -0.691. The average Bonchev–Trinajstić information content (AvgIpc) is 3.39. The minimum Gasteiger partial charge on any atom is -0.488 e. The second-order valence-corrected chi connectivity index (χ2v) is 8.12. The van der Waals surface area contributed by atoms with E-state index in [1.54, 1.807) is 6.34 Å². The number of hydrogen-bond donors (Lipinski definition) is 2. The fraction of sp³-hybridized carbons (Fsp3) is 0.571. The van der Waals surface area contributed by atoms with Crippen LogP contribution in [0.4, 0.5) is 5.69 Å². The molecule has 0 unspecified atom stereocenters. The molecule has 1 aromatic carbocycles. The van der Waals surface area contributed by atoms with E-state index >= 15 is 0 Å². The molecule has 1 heterocycles. The largest absolute Gasteiger partial charge is 0.488 e. The van der Waals surface area contributed by atoms with Gasteiger partial charge < -0.3 is 15.6 Å². The number of aliphatic carboxylic acids is 1. The van der Waals surface area contributed by atoms with Crippen molar-refractivity contribution in [3.63, 3.8) is 0 Å². The van der Waals surface area contributed by atoms with Gasteiger partial charge in [-0.1, -0.05) is 0 Å². The zero-order valence-electron chi connectivity index (χ0n) is 16.7. The number of nitrogen functional groups attached to an aromatic ring is 1. The highest BCUT2D eigenvalue weighted by molar-refractivity contribution is 5.91. The van der Waals surface area contributed by atoms with E-state index in [0.717, 1.165) is 48.6 Å². The number of benzene rings is 1. The number of likely N-dealkylation sites (tertiary alicyclic amines) is 1. The molecule has 3 N–H and O–H groups in total. The highest BCUT2D eigenvalue weighted by Crippen LogP contribution is 2.40. The van der Waals surface area contributed by atoms with Crippen LogP contribution < -0.4 is 10.5 Å². The predicted molar refractivity (Wildman–Crippen MR) is 111 cm³/mol. The van der Waals surface area contributed by atoms with Crippen LogP contribution in [0.15, 0.2) is 28.2 Å². The first-order valence-corrected chi connectivity index (χ1v) is 9.89. The Balaban J connectivity index is 1.48. The summed E-state index contributed by atoms with van der Waals surface area (Å²) in [5.41, 5.74) is 8.77. The van der Waals surface area contributed by atoms with Crippen LogP contribution in [0.5, 0.6) is 5.75 Å². The number of rotatable bonds is 8. The summed E-state index contributed by atoms with van der Waals surface area (Å²) in [6.07, 6.45) is 5.79. The van der Waals surface area contributed by atoms with Crippen molar-refractivity contribution < 1.29 is 14.6 Å². The molecule has 7 nitrogen and oxygen atoms in total. The van der Waals surface area contributed by atoms with Gasteiger partial charge in [0.1, 0.15) is 17.7 Å². The highest BCUT2D eigenvalue weighted by atomic mass is 16.5. The van der Waals surface area contributed by atoms with E-state index in [1.807, 2.05) is 25.1 Å². The molecule has 2 aliphatic rings. The first-order valence-electron chi connectivity index (χ1n) is 9.89. The number of ether oxygens (including phenoxy) is 1. The molecule has 152 valence electrons. The van der Waals surface area contributed by atoms with Crippen LogP contribution in [-0.2, 0) is 11.2 Å². The number of piperidine rings is 1. The van der Waals surface area contributed by atoms with Gasteiger partial charge in [0.25, 0.3) is 0 Å². The lowest BCUT2D eigenvalue weighted by Gasteiger charge is -2.28. The third-order valence-corrected chi connectivity index (χ3v) is 5.46. The summed E-state index contributed by atoms with van der Waals surface area (Å²) in [5.74, 6) is -0.0491. The van der Waals surface area contributed by atoms with Crippen LogP contribution in [0.1, 0.15) is 45.1 Å². The fourth-order valence-corrected chi connectivity index (χ4v) is 3.30. The Bertz CT molecular complexity index is 763. The first kappa shape index (κ1) is 20.3. The van der Waals surface area contributed by atoms with Crippen molar-refractivity contribution in [2.45, 2.75) is 51.6 Å². The van der Waals surface area contributed by atoms with Crippen LogP contribution in [0.25, 0.3) is 0 Å². The highest BCUT2D eigenvalue weighted by Gasteiger charge is 2.40. The molecular weight excluding hydrogens is 356 g/mol. The summed E-state index contributed by atoms with van der Waals surface area (Å²) in [6.45, 7) is 6.15. The van der Waals surface area contributed by atoms with Crippen molar-refractivity contribution in [3.05, 3.63) is 23.8 Å². The van der Waals surface area contributed by atoms with Gasteiger partial charge in [-0.05, 0) is 63.3 Å². The third kappa shape index (κ3) is 5.79. The Morgan fingerprint density at radius 2 is 2.11 bits per heavy atom. The van der Waals surface area contributed by atoms with Crippen LogP contribution in [0.3, 0.4) is 0 Å². The maximum atomic E-state index is 11.0. The summed E-state index contributed by atoms with van der Waals surface area (Å²) in [7, 11) is 0. The van der Waals surface area contributed by atoms with Crippen molar-refractivity contribution in [3.8, 4) is 5.75 Å². The zero-order valence-corrected chi connectivity index (χ0v) is 16.7. The molecule has 7 heteroatoms. The summed E-state index contributed by atoms with van der Waals surface area (Å²) in [5, 5.41) is 9.03. The molecule has 0 radical (unpaired) electrons. The second kappa shape index (κ2) is 8.73. The monoisotopic (exact) mass is 386 g/mol. The van der Waals surface area contributed by atoms with Gasteiger partial charge in [0.2, 0.25) is 0 Å². The summed E-state index contributed by atoms with van der Waals surface area (Å²) >= 11 is 0. The number of aliphatic imine (C=N–C) groups is 2. The Morgan fingerprint density at radius 1 is 1.39 bits per heavy atom. The summed E-state index contributed by atoms with van der Waals surface area (Å²) in [6, 6.07) is 5.81. The van der Waals surface area contributed by atoms with Crippen LogP contribution in [0.2, 0.25) is 0 Å². The summed E-state index contributed by atoms with van der Waals surface area (Å²) < 4.78 is 6.01. The van der Waals surface area contributed by atoms with Gasteiger partial charge in [0.15, 0.2) is 0 Å². The number of nitrogens with zero attached hydrogens (tertiary/aromatic N) is 3. The van der Waals surface area contributed by atoms with Crippen molar-refractivity contribution in [1.82, 2.24) is 4.90 Å². The number of carboxylic acid groups (broad SMARTS) is 1. The first-order chi connectivity index (χ1) is 13.3. The molecule has 0 bridgehead atoms. The molecule has 1 aliphatic heterocycles. The molecule has 1 saturated heterocycles. The summed E-state index contributed by atoms with van der Waals surface area (Å²) in [4.78, 5) is 21.9. The van der Waals surface area contributed by atoms with Gasteiger partial charge in [0, 0.05) is 30.9 Å². The van der Waals surface area contributed by atoms with E-state index in [0.29, 0.717) is 25.9 Å². The fourth-order valence-electron chi connectivity index (χ4n) is 3.30. The van der Waals surface area contributed by atoms with Crippen LogP contribution in [-0.4, -0.2) is 53.4 Å². The number of carbonyl (C=O) groups is 1. The third-order valence-electron chi connectivity index (χ3n) is 5.46. The smallest absolute Gasteiger partial charge is 0.306 e. The van der Waals surface area contributed by atoms with Gasteiger partial charge in [-0.25, -0.2) is 4.99 Å². The molecule has 1 aromatic rings. The number of anilines is 1. The number of hydrogen-bond acceptors (Lipinski definition) is 5. The predicted octanol–water partition coefficient (Wildman–Crippen LogP) is 2.99. The Labute approximate surface area is 166 Å². The molecule has 3 rings (SSSR count). The van der Waals surface area contributed by atoms with E-state index in [4.69, 9.17) is 15.6 Å². The molecule has 1 aliphatic carbocycles. The molecule has 2 fully saturated rings. The number of nitrogens with two attached hydrogens (primary N) is 1. The second-order valence-electron chi connectivity index (χ2n) is 8.12. The molecule has 0 spiro atoms.